The summed E-state index contributed by atoms with van der Waals surface area (Å²) in [5.74, 6) is -1.13. The normalized spacial score (nSPS) is 14.3. The first kappa shape index (κ1) is 17.3. The topological polar surface area (TPSA) is 39.8 Å². The van der Waals surface area contributed by atoms with Crippen molar-refractivity contribution in [1.29, 1.82) is 0 Å². The fourth-order valence-corrected chi connectivity index (χ4v) is 3.48. The number of rotatable bonds is 4. The van der Waals surface area contributed by atoms with Crippen molar-refractivity contribution in [2.75, 3.05) is 17.2 Å². The van der Waals surface area contributed by atoms with Crippen LogP contribution < -0.4 is 10.6 Å². The number of anilines is 2. The lowest BCUT2D eigenvalue weighted by atomic mass is 10.0. The SMILES string of the molecule is Cc1cc(C)c(/C=C2\CNc3ccc(NCc4cc(F)cc(F)c4)cc32)[nH]1. The zero-order valence-corrected chi connectivity index (χ0v) is 15.3. The summed E-state index contributed by atoms with van der Waals surface area (Å²) in [6.07, 6.45) is 2.17. The van der Waals surface area contributed by atoms with Crippen molar-refractivity contribution >= 4 is 23.0 Å². The highest BCUT2D eigenvalue weighted by molar-refractivity contribution is 5.94. The molecule has 0 spiro atoms. The summed E-state index contributed by atoms with van der Waals surface area (Å²) in [6, 6.07) is 11.8. The Kier molecular flexibility index (Phi) is 4.44. The number of aromatic amines is 1. The van der Waals surface area contributed by atoms with Crippen LogP contribution in [0, 0.1) is 25.5 Å². The lowest BCUT2D eigenvalue weighted by molar-refractivity contribution is 0.580. The molecule has 3 nitrogen and oxygen atoms in total. The van der Waals surface area contributed by atoms with Crippen molar-refractivity contribution in [1.82, 2.24) is 4.98 Å². The molecule has 3 aromatic rings. The molecule has 1 aromatic heterocycles. The molecule has 0 amide bonds. The molecule has 2 heterocycles. The van der Waals surface area contributed by atoms with Gasteiger partial charge >= 0.3 is 0 Å². The lowest BCUT2D eigenvalue weighted by Crippen LogP contribution is -2.01. The Bertz CT molecular complexity index is 1010. The average Bonchev–Trinajstić information content (AvgIpc) is 3.15. The van der Waals surface area contributed by atoms with E-state index in [2.05, 4.69) is 40.8 Å². The molecule has 0 aliphatic carbocycles. The van der Waals surface area contributed by atoms with Crippen LogP contribution in [0.4, 0.5) is 20.2 Å². The molecular weight excluding hydrogens is 344 g/mol. The number of hydrogen-bond donors (Lipinski definition) is 3. The van der Waals surface area contributed by atoms with Crippen LogP contribution in [0.3, 0.4) is 0 Å². The zero-order valence-electron chi connectivity index (χ0n) is 15.3. The lowest BCUT2D eigenvalue weighted by Gasteiger charge is -2.09. The maximum atomic E-state index is 13.3. The monoisotopic (exact) mass is 365 g/mol. The molecule has 0 atom stereocenters. The van der Waals surface area contributed by atoms with E-state index in [4.69, 9.17) is 0 Å². The zero-order chi connectivity index (χ0) is 19.0. The van der Waals surface area contributed by atoms with Crippen LogP contribution >= 0.6 is 0 Å². The van der Waals surface area contributed by atoms with Crippen LogP contribution in [-0.4, -0.2) is 11.5 Å². The van der Waals surface area contributed by atoms with Crippen molar-refractivity contribution < 1.29 is 8.78 Å². The van der Waals surface area contributed by atoms with E-state index >= 15 is 0 Å². The molecule has 0 fully saturated rings. The van der Waals surface area contributed by atoms with Crippen molar-refractivity contribution in [2.45, 2.75) is 20.4 Å². The summed E-state index contributed by atoms with van der Waals surface area (Å²) in [7, 11) is 0. The molecule has 4 rings (SSSR count). The fourth-order valence-electron chi connectivity index (χ4n) is 3.48. The molecule has 27 heavy (non-hydrogen) atoms. The molecule has 0 saturated heterocycles. The highest BCUT2D eigenvalue weighted by Crippen LogP contribution is 2.34. The molecule has 1 aliphatic heterocycles. The molecule has 3 N–H and O–H groups in total. The standard InChI is InChI=1S/C22H21F2N3/c1-13-5-14(2)27-22(13)8-16-12-26-21-4-3-19(10-20(16)21)25-11-15-6-17(23)9-18(24)7-15/h3-10,25-27H,11-12H2,1-2H3/b16-8+. The number of nitrogens with one attached hydrogen (secondary N) is 3. The van der Waals surface area contributed by atoms with E-state index < -0.39 is 11.6 Å². The van der Waals surface area contributed by atoms with Gasteiger partial charge in [-0.3, -0.25) is 0 Å². The Morgan fingerprint density at radius 2 is 1.81 bits per heavy atom. The number of aryl methyl sites for hydroxylation is 2. The van der Waals surface area contributed by atoms with Gasteiger partial charge in [0.1, 0.15) is 11.6 Å². The molecule has 0 saturated carbocycles. The third-order valence-corrected chi connectivity index (χ3v) is 4.76. The molecule has 0 unspecified atom stereocenters. The maximum Gasteiger partial charge on any atom is 0.126 e. The first-order chi connectivity index (χ1) is 13.0. The summed E-state index contributed by atoms with van der Waals surface area (Å²) in [4.78, 5) is 3.38. The van der Waals surface area contributed by atoms with Gasteiger partial charge in [0, 0.05) is 47.5 Å². The Morgan fingerprint density at radius 3 is 2.52 bits per heavy atom. The van der Waals surface area contributed by atoms with Crippen LogP contribution in [0.25, 0.3) is 11.6 Å². The van der Waals surface area contributed by atoms with Gasteiger partial charge in [-0.1, -0.05) is 0 Å². The second-order valence-corrected chi connectivity index (χ2v) is 6.96. The van der Waals surface area contributed by atoms with E-state index in [1.165, 1.54) is 23.3 Å². The Balaban J connectivity index is 1.57. The second kappa shape index (κ2) is 6.91. The number of H-pyrrole nitrogens is 1. The molecular formula is C22H21F2N3. The summed E-state index contributed by atoms with van der Waals surface area (Å²) < 4.78 is 26.7. The van der Waals surface area contributed by atoms with Gasteiger partial charge in [-0.05, 0) is 73.0 Å². The van der Waals surface area contributed by atoms with Crippen LogP contribution in [0.15, 0.2) is 42.5 Å². The molecule has 138 valence electrons. The van der Waals surface area contributed by atoms with Gasteiger partial charge in [-0.25, -0.2) is 8.78 Å². The van der Waals surface area contributed by atoms with E-state index in [0.29, 0.717) is 12.1 Å². The Labute approximate surface area is 157 Å². The van der Waals surface area contributed by atoms with E-state index in [0.717, 1.165) is 40.9 Å². The van der Waals surface area contributed by atoms with Gasteiger partial charge in [0.25, 0.3) is 0 Å². The van der Waals surface area contributed by atoms with Crippen molar-refractivity contribution in [3.8, 4) is 0 Å². The second-order valence-electron chi connectivity index (χ2n) is 6.96. The molecule has 0 bridgehead atoms. The van der Waals surface area contributed by atoms with Gasteiger partial charge in [-0.2, -0.15) is 0 Å². The maximum absolute atomic E-state index is 13.3. The smallest absolute Gasteiger partial charge is 0.126 e. The molecule has 1 aliphatic rings. The third kappa shape index (κ3) is 3.72. The largest absolute Gasteiger partial charge is 0.381 e. The predicted molar refractivity (Wildman–Crippen MR) is 107 cm³/mol. The summed E-state index contributed by atoms with van der Waals surface area (Å²) in [5.41, 5.74) is 8.38. The molecule has 5 heteroatoms. The van der Waals surface area contributed by atoms with Gasteiger partial charge in [-0.15, -0.1) is 0 Å². The van der Waals surface area contributed by atoms with Crippen molar-refractivity contribution in [3.63, 3.8) is 0 Å². The van der Waals surface area contributed by atoms with Gasteiger partial charge in [0.15, 0.2) is 0 Å². The van der Waals surface area contributed by atoms with E-state index in [-0.39, 0.29) is 0 Å². The highest BCUT2D eigenvalue weighted by Gasteiger charge is 2.16. The number of benzene rings is 2. The third-order valence-electron chi connectivity index (χ3n) is 4.76. The summed E-state index contributed by atoms with van der Waals surface area (Å²) >= 11 is 0. The number of halogens is 2. The summed E-state index contributed by atoms with van der Waals surface area (Å²) in [5, 5.41) is 6.65. The minimum atomic E-state index is -0.563. The quantitative estimate of drug-likeness (QED) is 0.572. The van der Waals surface area contributed by atoms with Crippen molar-refractivity contribution in [2.24, 2.45) is 0 Å². The van der Waals surface area contributed by atoms with Crippen LogP contribution in [-0.2, 0) is 6.54 Å². The first-order valence-corrected chi connectivity index (χ1v) is 8.92. The Morgan fingerprint density at radius 1 is 1.04 bits per heavy atom. The molecule has 0 radical (unpaired) electrons. The van der Waals surface area contributed by atoms with E-state index in [1.807, 2.05) is 19.1 Å². The summed E-state index contributed by atoms with van der Waals surface area (Å²) in [6.45, 7) is 5.27. The van der Waals surface area contributed by atoms with Crippen molar-refractivity contribution in [3.05, 3.63) is 82.2 Å². The van der Waals surface area contributed by atoms with Crippen LogP contribution in [0.2, 0.25) is 0 Å². The van der Waals surface area contributed by atoms with Crippen LogP contribution in [0.5, 0.6) is 0 Å². The van der Waals surface area contributed by atoms with E-state index in [1.54, 1.807) is 0 Å². The number of hydrogen-bond acceptors (Lipinski definition) is 2. The number of aromatic nitrogens is 1. The Hall–Kier alpha value is -3.08. The molecule has 2 aromatic carbocycles. The van der Waals surface area contributed by atoms with Crippen LogP contribution in [0.1, 0.15) is 28.1 Å². The fraction of sp³-hybridized carbons (Fsp3) is 0.182. The van der Waals surface area contributed by atoms with E-state index in [9.17, 15) is 8.78 Å². The highest BCUT2D eigenvalue weighted by atomic mass is 19.1. The minimum absolute atomic E-state index is 0.356. The van der Waals surface area contributed by atoms with Gasteiger partial charge in [0.05, 0.1) is 0 Å². The average molecular weight is 365 g/mol. The first-order valence-electron chi connectivity index (χ1n) is 8.92. The predicted octanol–water partition coefficient (Wildman–Crippen LogP) is 5.49. The minimum Gasteiger partial charge on any atom is -0.381 e. The van der Waals surface area contributed by atoms with Gasteiger partial charge in [0.2, 0.25) is 0 Å². The number of fused-ring (bicyclic) bond motifs is 1. The van der Waals surface area contributed by atoms with Gasteiger partial charge < -0.3 is 15.6 Å².